The van der Waals surface area contributed by atoms with Crippen LogP contribution in [0.4, 0.5) is 4.79 Å². The summed E-state index contributed by atoms with van der Waals surface area (Å²) >= 11 is 0. The summed E-state index contributed by atoms with van der Waals surface area (Å²) < 4.78 is 9.71. The molecule has 33 heavy (non-hydrogen) atoms. The van der Waals surface area contributed by atoms with Gasteiger partial charge in [-0.25, -0.2) is 4.79 Å². The minimum Gasteiger partial charge on any atom is -0.434 e. The number of aryl methyl sites for hydroxylation is 1. The molecular formula is C26H30N2O5. The van der Waals surface area contributed by atoms with Crippen molar-refractivity contribution in [3.05, 3.63) is 71.3 Å². The highest BCUT2D eigenvalue weighted by Gasteiger charge is 2.22. The van der Waals surface area contributed by atoms with Gasteiger partial charge in [0.1, 0.15) is 5.75 Å². The van der Waals surface area contributed by atoms with Crippen molar-refractivity contribution in [1.29, 1.82) is 0 Å². The highest BCUT2D eigenvalue weighted by molar-refractivity contribution is 5.94. The van der Waals surface area contributed by atoms with E-state index in [-0.39, 0.29) is 18.4 Å². The number of nitrogens with one attached hydrogen (secondary N) is 1. The van der Waals surface area contributed by atoms with E-state index in [1.165, 1.54) is 0 Å². The van der Waals surface area contributed by atoms with Gasteiger partial charge in [-0.1, -0.05) is 29.8 Å². The van der Waals surface area contributed by atoms with Crippen LogP contribution in [-0.4, -0.2) is 49.1 Å². The molecule has 0 saturated carbocycles. The molecule has 1 N–H and O–H groups in total. The largest absolute Gasteiger partial charge is 0.513 e. The topological polar surface area (TPSA) is 84.9 Å². The first kappa shape index (κ1) is 24.0. The number of carbonyl (C=O) groups is 3. The smallest absolute Gasteiger partial charge is 0.434 e. The van der Waals surface area contributed by atoms with Gasteiger partial charge in [-0.15, -0.1) is 0 Å². The molecule has 174 valence electrons. The summed E-state index contributed by atoms with van der Waals surface area (Å²) in [6, 6.07) is 14.3. The molecule has 1 fully saturated rings. The van der Waals surface area contributed by atoms with E-state index in [1.54, 1.807) is 37.3 Å². The van der Waals surface area contributed by atoms with Crippen LogP contribution in [0.3, 0.4) is 0 Å². The molecule has 2 amide bonds. The summed E-state index contributed by atoms with van der Waals surface area (Å²) in [6.45, 7) is 5.87. The van der Waals surface area contributed by atoms with Crippen molar-refractivity contribution in [3.8, 4) is 5.75 Å². The quantitative estimate of drug-likeness (QED) is 0.388. The summed E-state index contributed by atoms with van der Waals surface area (Å²) in [5.41, 5.74) is 2.66. The Morgan fingerprint density at radius 2 is 1.82 bits per heavy atom. The summed E-state index contributed by atoms with van der Waals surface area (Å²) in [5, 5.41) is 2.96. The molecule has 0 bridgehead atoms. The standard InChI is InChI=1S/C26H30N2O5/c1-3-32-26(31)33-23-10-8-22(9-11-23)25(30)27-18-21-13-15-28(16-14-21)24(29)12-7-20-6-4-5-19(2)17-20/h4-12,17,21H,3,13-16,18H2,1-2H3,(H,27,30)/b12-7+. The Morgan fingerprint density at radius 1 is 1.09 bits per heavy atom. The molecule has 0 aromatic heterocycles. The first-order valence-corrected chi connectivity index (χ1v) is 11.2. The molecule has 2 aromatic rings. The zero-order valence-electron chi connectivity index (χ0n) is 19.1. The number of benzene rings is 2. The van der Waals surface area contributed by atoms with Crippen LogP contribution in [0.5, 0.6) is 5.75 Å². The number of nitrogens with zero attached hydrogens (tertiary/aromatic N) is 1. The van der Waals surface area contributed by atoms with E-state index in [9.17, 15) is 14.4 Å². The van der Waals surface area contributed by atoms with Crippen molar-refractivity contribution >= 4 is 24.0 Å². The molecule has 0 spiro atoms. The molecule has 0 atom stereocenters. The number of hydrogen-bond acceptors (Lipinski definition) is 5. The van der Waals surface area contributed by atoms with Crippen molar-refractivity contribution in [1.82, 2.24) is 10.2 Å². The second kappa shape index (κ2) is 11.9. The van der Waals surface area contributed by atoms with Crippen LogP contribution in [0, 0.1) is 12.8 Å². The van der Waals surface area contributed by atoms with Gasteiger partial charge in [0.15, 0.2) is 0 Å². The Kier molecular flexibility index (Phi) is 8.63. The van der Waals surface area contributed by atoms with Gasteiger partial charge in [0.05, 0.1) is 6.61 Å². The van der Waals surface area contributed by atoms with E-state index in [0.29, 0.717) is 36.9 Å². The molecule has 1 saturated heterocycles. The van der Waals surface area contributed by atoms with Crippen molar-refractivity contribution in [2.24, 2.45) is 5.92 Å². The van der Waals surface area contributed by atoms with Crippen LogP contribution in [0.15, 0.2) is 54.6 Å². The highest BCUT2D eigenvalue weighted by Crippen LogP contribution is 2.18. The number of piperidine rings is 1. The fraction of sp³-hybridized carbons (Fsp3) is 0.346. The predicted molar refractivity (Wildman–Crippen MR) is 126 cm³/mol. The third-order valence-electron chi connectivity index (χ3n) is 5.52. The maximum Gasteiger partial charge on any atom is 0.513 e. The molecule has 3 rings (SSSR count). The van der Waals surface area contributed by atoms with Crippen molar-refractivity contribution in [3.63, 3.8) is 0 Å². The molecule has 0 aliphatic carbocycles. The minimum absolute atomic E-state index is 0.0177. The van der Waals surface area contributed by atoms with Gasteiger partial charge in [0, 0.05) is 31.3 Å². The monoisotopic (exact) mass is 450 g/mol. The zero-order valence-corrected chi connectivity index (χ0v) is 19.1. The third kappa shape index (κ3) is 7.49. The Labute approximate surface area is 194 Å². The summed E-state index contributed by atoms with van der Waals surface area (Å²) in [5.74, 6) is 0.477. The van der Waals surface area contributed by atoms with E-state index in [2.05, 4.69) is 5.32 Å². The SMILES string of the molecule is CCOC(=O)Oc1ccc(C(=O)NCC2CCN(C(=O)/C=C/c3cccc(C)c3)CC2)cc1. The number of carbonyl (C=O) groups excluding carboxylic acids is 3. The molecule has 1 heterocycles. The average molecular weight is 451 g/mol. The maximum absolute atomic E-state index is 12.5. The van der Waals surface area contributed by atoms with Crippen molar-refractivity contribution < 1.29 is 23.9 Å². The van der Waals surface area contributed by atoms with Gasteiger partial charge in [-0.2, -0.15) is 0 Å². The van der Waals surface area contributed by atoms with Gasteiger partial charge < -0.3 is 19.7 Å². The van der Waals surface area contributed by atoms with Gasteiger partial charge >= 0.3 is 6.16 Å². The normalized spacial score (nSPS) is 14.2. The molecule has 7 heteroatoms. The molecule has 1 aliphatic rings. The van der Waals surface area contributed by atoms with E-state index >= 15 is 0 Å². The van der Waals surface area contributed by atoms with Crippen LogP contribution in [-0.2, 0) is 9.53 Å². The number of ether oxygens (including phenoxy) is 2. The minimum atomic E-state index is -0.773. The lowest BCUT2D eigenvalue weighted by Gasteiger charge is -2.31. The van der Waals surface area contributed by atoms with E-state index in [0.717, 1.165) is 24.0 Å². The molecule has 7 nitrogen and oxygen atoms in total. The van der Waals surface area contributed by atoms with Gasteiger partial charge in [0.2, 0.25) is 5.91 Å². The molecule has 0 unspecified atom stereocenters. The second-order valence-corrected chi connectivity index (χ2v) is 8.04. The first-order chi connectivity index (χ1) is 15.9. The molecule has 0 radical (unpaired) electrons. The molecule has 1 aliphatic heterocycles. The average Bonchev–Trinajstić information content (AvgIpc) is 2.82. The number of amides is 2. The Hall–Kier alpha value is -3.61. The van der Waals surface area contributed by atoms with Crippen molar-refractivity contribution in [2.75, 3.05) is 26.2 Å². The van der Waals surface area contributed by atoms with Crippen LogP contribution >= 0.6 is 0 Å². The summed E-state index contributed by atoms with van der Waals surface area (Å²) in [4.78, 5) is 38.1. The lowest BCUT2D eigenvalue weighted by molar-refractivity contribution is -0.127. The lowest BCUT2D eigenvalue weighted by Crippen LogP contribution is -2.40. The Bertz CT molecular complexity index is 992. The molecule has 2 aromatic carbocycles. The van der Waals surface area contributed by atoms with E-state index in [4.69, 9.17) is 9.47 Å². The maximum atomic E-state index is 12.5. The zero-order chi connectivity index (χ0) is 23.6. The van der Waals surface area contributed by atoms with E-state index < -0.39 is 6.16 Å². The summed E-state index contributed by atoms with van der Waals surface area (Å²) in [6.07, 6.45) is 4.40. The van der Waals surface area contributed by atoms with Crippen LogP contribution < -0.4 is 10.1 Å². The highest BCUT2D eigenvalue weighted by atomic mass is 16.7. The van der Waals surface area contributed by atoms with Crippen molar-refractivity contribution in [2.45, 2.75) is 26.7 Å². The number of likely N-dealkylation sites (tertiary alicyclic amines) is 1. The van der Waals surface area contributed by atoms with Gasteiger partial charge in [-0.3, -0.25) is 9.59 Å². The Morgan fingerprint density at radius 3 is 2.48 bits per heavy atom. The summed E-state index contributed by atoms with van der Waals surface area (Å²) in [7, 11) is 0. The first-order valence-electron chi connectivity index (χ1n) is 11.2. The fourth-order valence-corrected chi connectivity index (χ4v) is 3.66. The molecular weight excluding hydrogens is 420 g/mol. The van der Waals surface area contributed by atoms with Crippen LogP contribution in [0.25, 0.3) is 6.08 Å². The number of hydrogen-bond donors (Lipinski definition) is 1. The fourth-order valence-electron chi connectivity index (χ4n) is 3.66. The lowest BCUT2D eigenvalue weighted by atomic mass is 9.96. The Balaban J connectivity index is 1.40. The van der Waals surface area contributed by atoms with Gasteiger partial charge in [0.25, 0.3) is 5.91 Å². The van der Waals surface area contributed by atoms with Gasteiger partial charge in [-0.05, 0) is 68.5 Å². The number of rotatable bonds is 7. The predicted octanol–water partition coefficient (Wildman–Crippen LogP) is 4.21. The second-order valence-electron chi connectivity index (χ2n) is 8.04. The van der Waals surface area contributed by atoms with Crippen LogP contribution in [0.2, 0.25) is 0 Å². The van der Waals surface area contributed by atoms with Crippen LogP contribution in [0.1, 0.15) is 41.3 Å². The third-order valence-corrected chi connectivity index (χ3v) is 5.52. The van der Waals surface area contributed by atoms with E-state index in [1.807, 2.05) is 42.2 Å².